The fourth-order valence-corrected chi connectivity index (χ4v) is 3.39. The summed E-state index contributed by atoms with van der Waals surface area (Å²) in [6, 6.07) is 7.42. The van der Waals surface area contributed by atoms with Gasteiger partial charge in [0.2, 0.25) is 0 Å². The molecule has 0 spiro atoms. The van der Waals surface area contributed by atoms with Crippen LogP contribution in [0.25, 0.3) is 0 Å². The van der Waals surface area contributed by atoms with Crippen LogP contribution in [0.15, 0.2) is 30.5 Å². The zero-order chi connectivity index (χ0) is 18.5. The van der Waals surface area contributed by atoms with E-state index >= 15 is 0 Å². The molecule has 1 aromatic heterocycles. The van der Waals surface area contributed by atoms with Crippen LogP contribution in [-0.2, 0) is 0 Å². The summed E-state index contributed by atoms with van der Waals surface area (Å²) in [7, 11) is 0. The van der Waals surface area contributed by atoms with E-state index in [1.807, 2.05) is 43.0 Å². The van der Waals surface area contributed by atoms with E-state index in [1.165, 1.54) is 0 Å². The summed E-state index contributed by atoms with van der Waals surface area (Å²) >= 11 is 0. The Bertz CT molecular complexity index is 786. The Labute approximate surface area is 153 Å². The van der Waals surface area contributed by atoms with Gasteiger partial charge in [0.25, 0.3) is 5.91 Å². The third-order valence-corrected chi connectivity index (χ3v) is 4.64. The molecule has 1 atom stereocenters. The van der Waals surface area contributed by atoms with Gasteiger partial charge in [0.1, 0.15) is 0 Å². The van der Waals surface area contributed by atoms with Crippen LogP contribution in [0.4, 0.5) is 10.5 Å². The molecule has 3 N–H and O–H groups in total. The van der Waals surface area contributed by atoms with Crippen molar-refractivity contribution in [2.45, 2.75) is 32.6 Å². The molecule has 1 saturated heterocycles. The second-order valence-corrected chi connectivity index (χ2v) is 6.64. The Kier molecular flexibility index (Phi) is 5.55. The molecule has 1 aromatic carbocycles. The molecule has 26 heavy (non-hydrogen) atoms. The van der Waals surface area contributed by atoms with E-state index in [2.05, 4.69) is 20.8 Å². The number of carbonyl (C=O) groups is 2. The maximum absolute atomic E-state index is 12.8. The molecule has 0 saturated carbocycles. The van der Waals surface area contributed by atoms with Gasteiger partial charge >= 0.3 is 6.03 Å². The zero-order valence-corrected chi connectivity index (χ0v) is 15.2. The lowest BCUT2D eigenvalue weighted by atomic mass is 9.93. The Hall–Kier alpha value is -2.83. The first-order valence-corrected chi connectivity index (χ1v) is 9.02. The van der Waals surface area contributed by atoms with E-state index in [0.717, 1.165) is 36.2 Å². The van der Waals surface area contributed by atoms with Gasteiger partial charge in [-0.15, -0.1) is 0 Å². The lowest BCUT2D eigenvalue weighted by molar-refractivity contribution is 0.0706. The van der Waals surface area contributed by atoms with Gasteiger partial charge in [-0.2, -0.15) is 5.10 Å². The Morgan fingerprint density at radius 1 is 1.38 bits per heavy atom. The summed E-state index contributed by atoms with van der Waals surface area (Å²) in [6.45, 7) is 5.77. The first-order valence-electron chi connectivity index (χ1n) is 9.02. The predicted octanol–water partition coefficient (Wildman–Crippen LogP) is 2.88. The maximum atomic E-state index is 12.8. The summed E-state index contributed by atoms with van der Waals surface area (Å²) in [5.74, 6) is 0.174. The molecule has 3 amide bonds. The van der Waals surface area contributed by atoms with Crippen LogP contribution < -0.4 is 10.6 Å². The number of hydrogen-bond acceptors (Lipinski definition) is 3. The zero-order valence-electron chi connectivity index (χ0n) is 15.2. The Balaban J connectivity index is 1.72. The van der Waals surface area contributed by atoms with Crippen molar-refractivity contribution in [3.8, 4) is 0 Å². The molecule has 7 heteroatoms. The van der Waals surface area contributed by atoms with E-state index < -0.39 is 0 Å². The summed E-state index contributed by atoms with van der Waals surface area (Å²) in [5.41, 5.74) is 3.34. The summed E-state index contributed by atoms with van der Waals surface area (Å²) in [5, 5.41) is 12.6. The highest BCUT2D eigenvalue weighted by molar-refractivity contribution is 5.94. The first-order chi connectivity index (χ1) is 12.6. The maximum Gasteiger partial charge on any atom is 0.319 e. The van der Waals surface area contributed by atoms with Gasteiger partial charge in [-0.1, -0.05) is 17.7 Å². The number of urea groups is 1. The van der Waals surface area contributed by atoms with Crippen LogP contribution in [0.5, 0.6) is 0 Å². The highest BCUT2D eigenvalue weighted by atomic mass is 16.2. The number of amides is 3. The molecule has 1 unspecified atom stereocenters. The van der Waals surface area contributed by atoms with Gasteiger partial charge in [-0.25, -0.2) is 4.79 Å². The summed E-state index contributed by atoms with van der Waals surface area (Å²) in [4.78, 5) is 26.5. The molecule has 2 heterocycles. The number of piperidine rings is 1. The molecule has 0 aliphatic carbocycles. The van der Waals surface area contributed by atoms with Crippen molar-refractivity contribution in [3.05, 3.63) is 47.3 Å². The van der Waals surface area contributed by atoms with E-state index in [0.29, 0.717) is 18.8 Å². The minimum atomic E-state index is -0.251. The number of carbonyl (C=O) groups excluding carboxylic acids is 2. The number of aryl methyl sites for hydroxylation is 1. The number of aromatic amines is 1. The minimum absolute atomic E-state index is 0.0520. The molecule has 2 aromatic rings. The SMILES string of the molecule is CCNC(=O)Nc1cn[nH]c1C1CCCN(C(=O)c2cccc(C)c2)C1. The third kappa shape index (κ3) is 4.04. The molecule has 7 nitrogen and oxygen atoms in total. The van der Waals surface area contributed by atoms with Crippen LogP contribution in [0.3, 0.4) is 0 Å². The van der Waals surface area contributed by atoms with Gasteiger partial charge in [0.15, 0.2) is 0 Å². The number of benzene rings is 1. The lowest BCUT2D eigenvalue weighted by Gasteiger charge is -2.32. The number of likely N-dealkylation sites (tertiary alicyclic amines) is 1. The van der Waals surface area contributed by atoms with Crippen molar-refractivity contribution >= 4 is 17.6 Å². The third-order valence-electron chi connectivity index (χ3n) is 4.64. The second-order valence-electron chi connectivity index (χ2n) is 6.64. The van der Waals surface area contributed by atoms with Crippen molar-refractivity contribution < 1.29 is 9.59 Å². The largest absolute Gasteiger partial charge is 0.338 e. The average molecular weight is 355 g/mol. The molecule has 3 rings (SSSR count). The average Bonchev–Trinajstić information content (AvgIpc) is 3.09. The van der Waals surface area contributed by atoms with Crippen LogP contribution in [0, 0.1) is 6.92 Å². The number of rotatable bonds is 4. The fraction of sp³-hybridized carbons (Fsp3) is 0.421. The summed E-state index contributed by atoms with van der Waals surface area (Å²) < 4.78 is 0. The number of H-pyrrole nitrogens is 1. The Morgan fingerprint density at radius 2 is 2.23 bits per heavy atom. The number of nitrogens with zero attached hydrogens (tertiary/aromatic N) is 2. The van der Waals surface area contributed by atoms with Crippen molar-refractivity contribution in [1.82, 2.24) is 20.4 Å². The molecule has 138 valence electrons. The van der Waals surface area contributed by atoms with Crippen molar-refractivity contribution in [3.63, 3.8) is 0 Å². The van der Waals surface area contributed by atoms with Gasteiger partial charge < -0.3 is 15.5 Å². The highest BCUT2D eigenvalue weighted by Crippen LogP contribution is 2.31. The number of nitrogens with one attached hydrogen (secondary N) is 3. The fourth-order valence-electron chi connectivity index (χ4n) is 3.39. The van der Waals surface area contributed by atoms with Crippen LogP contribution in [0.2, 0.25) is 0 Å². The molecule has 1 aliphatic rings. The normalized spacial score (nSPS) is 17.0. The number of hydrogen-bond donors (Lipinski definition) is 3. The van der Waals surface area contributed by atoms with E-state index in [1.54, 1.807) is 6.20 Å². The van der Waals surface area contributed by atoms with E-state index in [9.17, 15) is 9.59 Å². The molecule has 0 bridgehead atoms. The van der Waals surface area contributed by atoms with Crippen molar-refractivity contribution in [2.24, 2.45) is 0 Å². The van der Waals surface area contributed by atoms with Crippen LogP contribution in [-0.4, -0.2) is 46.7 Å². The number of aromatic nitrogens is 2. The van der Waals surface area contributed by atoms with Crippen LogP contribution in [0.1, 0.15) is 47.3 Å². The van der Waals surface area contributed by atoms with Gasteiger partial charge in [0.05, 0.1) is 17.6 Å². The van der Waals surface area contributed by atoms with Gasteiger partial charge in [-0.05, 0) is 38.8 Å². The van der Waals surface area contributed by atoms with E-state index in [-0.39, 0.29) is 17.9 Å². The molecule has 1 fully saturated rings. The smallest absolute Gasteiger partial charge is 0.319 e. The highest BCUT2D eigenvalue weighted by Gasteiger charge is 2.28. The quantitative estimate of drug-likeness (QED) is 0.788. The molecular weight excluding hydrogens is 330 g/mol. The van der Waals surface area contributed by atoms with Gasteiger partial charge in [0, 0.05) is 31.1 Å². The lowest BCUT2D eigenvalue weighted by Crippen LogP contribution is -2.39. The van der Waals surface area contributed by atoms with Crippen molar-refractivity contribution in [1.29, 1.82) is 0 Å². The summed E-state index contributed by atoms with van der Waals surface area (Å²) in [6.07, 6.45) is 3.48. The van der Waals surface area contributed by atoms with Crippen molar-refractivity contribution in [2.75, 3.05) is 25.0 Å². The van der Waals surface area contributed by atoms with Gasteiger partial charge in [-0.3, -0.25) is 9.89 Å². The van der Waals surface area contributed by atoms with E-state index in [4.69, 9.17) is 0 Å². The first kappa shape index (κ1) is 18.0. The number of anilines is 1. The minimum Gasteiger partial charge on any atom is -0.338 e. The molecule has 0 radical (unpaired) electrons. The predicted molar refractivity (Wildman–Crippen MR) is 100 cm³/mol. The second kappa shape index (κ2) is 8.03. The standard InChI is InChI=1S/C19H25N5O2/c1-3-20-19(26)22-16-11-21-23-17(16)15-8-5-9-24(12-15)18(25)14-7-4-6-13(2)10-14/h4,6-7,10-11,15H,3,5,8-9,12H2,1-2H3,(H,21,23)(H2,20,22,26). The van der Waals surface area contributed by atoms with Crippen LogP contribution >= 0.6 is 0 Å². The molecular formula is C19H25N5O2. The monoisotopic (exact) mass is 355 g/mol. The topological polar surface area (TPSA) is 90.1 Å². The molecule has 1 aliphatic heterocycles. The Morgan fingerprint density at radius 3 is 3.00 bits per heavy atom.